The van der Waals surface area contributed by atoms with Gasteiger partial charge in [-0.2, -0.15) is 5.10 Å². The summed E-state index contributed by atoms with van der Waals surface area (Å²) >= 11 is 0. The molecule has 0 spiro atoms. The number of halogens is 1. The monoisotopic (exact) mass is 559 g/mol. The van der Waals surface area contributed by atoms with Crippen molar-refractivity contribution >= 4 is 23.3 Å². The fraction of sp³-hybridized carbons (Fsp3) is 0.323. The quantitative estimate of drug-likeness (QED) is 0.263. The number of nitrogens with zero attached hydrogens (tertiary/aromatic N) is 3. The van der Waals surface area contributed by atoms with Gasteiger partial charge in [0.15, 0.2) is 11.4 Å². The molecule has 2 aromatic carbocycles. The molecule has 0 saturated heterocycles. The van der Waals surface area contributed by atoms with Crippen LogP contribution in [-0.2, 0) is 17.7 Å². The molecule has 5 rings (SSSR count). The summed E-state index contributed by atoms with van der Waals surface area (Å²) in [4.78, 5) is 40.2. The van der Waals surface area contributed by atoms with Crippen molar-refractivity contribution in [3.8, 4) is 0 Å². The Morgan fingerprint density at radius 2 is 1.83 bits per heavy atom. The number of amides is 1. The Hall–Kier alpha value is -4.44. The van der Waals surface area contributed by atoms with Crippen LogP contribution in [-0.4, -0.2) is 37.9 Å². The van der Waals surface area contributed by atoms with Crippen molar-refractivity contribution in [1.29, 1.82) is 0 Å². The van der Waals surface area contributed by atoms with Crippen molar-refractivity contribution in [3.63, 3.8) is 0 Å². The van der Waals surface area contributed by atoms with Gasteiger partial charge in [-0.3, -0.25) is 9.59 Å². The average Bonchev–Trinajstić information content (AvgIpc) is 3.54. The summed E-state index contributed by atoms with van der Waals surface area (Å²) in [6.45, 7) is 9.24. The van der Waals surface area contributed by atoms with Gasteiger partial charge in [0.1, 0.15) is 22.8 Å². The minimum absolute atomic E-state index is 0.117. The normalized spacial score (nSPS) is 14.2. The van der Waals surface area contributed by atoms with E-state index in [2.05, 4.69) is 15.4 Å². The second kappa shape index (κ2) is 12.0. The number of carbonyl (C=O) groups is 3. The number of ketones is 1. The molecule has 41 heavy (non-hydrogen) atoms. The van der Waals surface area contributed by atoms with Gasteiger partial charge < -0.3 is 15.8 Å². The first-order valence-electron chi connectivity index (χ1n) is 13.3. The highest BCUT2D eigenvalue weighted by atomic mass is 19.1. The number of carbonyl (C=O) groups excluding carboxylic acids is 3. The molecule has 0 bridgehead atoms. The highest BCUT2D eigenvalue weighted by molar-refractivity contribution is 5.98. The van der Waals surface area contributed by atoms with E-state index >= 15 is 0 Å². The lowest BCUT2D eigenvalue weighted by Crippen LogP contribution is -2.26. The zero-order valence-electron chi connectivity index (χ0n) is 23.8. The van der Waals surface area contributed by atoms with Crippen LogP contribution in [0.2, 0.25) is 0 Å². The molecule has 9 nitrogen and oxygen atoms in total. The van der Waals surface area contributed by atoms with Crippen molar-refractivity contribution in [3.05, 3.63) is 99.8 Å². The molecule has 1 aliphatic carbocycles. The molecular formula is C31H34FN5O4. The predicted octanol–water partition coefficient (Wildman–Crippen LogP) is 4.90. The number of rotatable bonds is 5. The van der Waals surface area contributed by atoms with E-state index in [1.807, 2.05) is 39.8 Å². The lowest BCUT2D eigenvalue weighted by molar-refractivity contribution is 0.00683. The van der Waals surface area contributed by atoms with Gasteiger partial charge in [-0.25, -0.2) is 18.7 Å². The van der Waals surface area contributed by atoms with Gasteiger partial charge in [-0.05, 0) is 87.1 Å². The van der Waals surface area contributed by atoms with Gasteiger partial charge in [-0.1, -0.05) is 18.2 Å². The number of Topliss-reactive ketones (excluding diaryl/α,β-unsaturated/α-hetero) is 1. The molecule has 0 saturated carbocycles. The van der Waals surface area contributed by atoms with Crippen LogP contribution in [0.1, 0.15) is 93.7 Å². The lowest BCUT2D eigenvalue weighted by atomic mass is 9.98. The number of nitrogens with one attached hydrogen (secondary N) is 1. The van der Waals surface area contributed by atoms with Gasteiger partial charge in [0, 0.05) is 25.6 Å². The fourth-order valence-corrected chi connectivity index (χ4v) is 4.60. The Kier molecular flexibility index (Phi) is 8.63. The smallest absolute Gasteiger partial charge is 0.338 e. The van der Waals surface area contributed by atoms with Crippen molar-refractivity contribution in [2.45, 2.75) is 65.6 Å². The molecule has 10 heteroatoms. The fourth-order valence-electron chi connectivity index (χ4n) is 4.60. The van der Waals surface area contributed by atoms with E-state index in [1.165, 1.54) is 47.0 Å². The summed E-state index contributed by atoms with van der Waals surface area (Å²) in [5.41, 5.74) is 11.3. The van der Waals surface area contributed by atoms with Crippen LogP contribution in [0, 0.1) is 12.7 Å². The number of benzene rings is 2. The maximum absolute atomic E-state index is 12.9. The molecule has 0 aliphatic heterocycles. The molecule has 0 fully saturated rings. The average molecular weight is 560 g/mol. The van der Waals surface area contributed by atoms with Crippen LogP contribution in [0.25, 0.3) is 5.65 Å². The maximum atomic E-state index is 12.9. The minimum Gasteiger partial charge on any atom is -0.456 e. The first kappa shape index (κ1) is 29.5. The summed E-state index contributed by atoms with van der Waals surface area (Å²) < 4.78 is 19.7. The van der Waals surface area contributed by atoms with Crippen molar-refractivity contribution in [1.82, 2.24) is 19.9 Å². The molecule has 1 atom stereocenters. The highest BCUT2D eigenvalue weighted by Gasteiger charge is 2.26. The Morgan fingerprint density at radius 1 is 1.12 bits per heavy atom. The molecule has 214 valence electrons. The highest BCUT2D eigenvalue weighted by Crippen LogP contribution is 2.33. The molecule has 2 aromatic heterocycles. The first-order valence-corrected chi connectivity index (χ1v) is 13.3. The zero-order valence-corrected chi connectivity index (χ0v) is 23.8. The second-order valence-corrected chi connectivity index (χ2v) is 10.9. The van der Waals surface area contributed by atoms with E-state index < -0.39 is 11.5 Å². The Morgan fingerprint density at radius 3 is 2.49 bits per heavy atom. The van der Waals surface area contributed by atoms with Gasteiger partial charge in [-0.15, -0.1) is 0 Å². The van der Waals surface area contributed by atoms with E-state index in [1.54, 1.807) is 18.2 Å². The van der Waals surface area contributed by atoms with E-state index in [0.717, 1.165) is 24.0 Å². The number of ether oxygens (including phenoxy) is 1. The molecular weight excluding hydrogens is 525 g/mol. The van der Waals surface area contributed by atoms with Gasteiger partial charge in [0.2, 0.25) is 0 Å². The molecule has 0 radical (unpaired) electrons. The lowest BCUT2D eigenvalue weighted by Gasteiger charge is -2.21. The molecule has 0 unspecified atom stereocenters. The third-order valence-corrected chi connectivity index (χ3v) is 6.68. The zero-order chi connectivity index (χ0) is 29.9. The van der Waals surface area contributed by atoms with Crippen LogP contribution in [0.4, 0.5) is 4.39 Å². The third-order valence-electron chi connectivity index (χ3n) is 6.68. The van der Waals surface area contributed by atoms with Crippen LogP contribution < -0.4 is 11.1 Å². The van der Waals surface area contributed by atoms with Crippen LogP contribution >= 0.6 is 0 Å². The standard InChI is InChI=1S/C16H13FN4O2.C15H21NO2/c1-10(22)13-8-14(21-15(20-13)6-7-19-21)16(23)18-9-11-2-4-12(17)5-3-11;1-9-10-7-8-13(16)12(10)6-5-11(9)14(17)18-15(2,3)4/h2-8H,9H2,1H3,(H,18,23);5-6,13H,7-8,16H2,1-4H3/t;13-/m.0/s1. The topological polar surface area (TPSA) is 129 Å². The van der Waals surface area contributed by atoms with E-state index in [9.17, 15) is 18.8 Å². The summed E-state index contributed by atoms with van der Waals surface area (Å²) in [5.74, 6) is -1.21. The number of nitrogens with two attached hydrogens (primary N) is 1. The Bertz CT molecular complexity index is 1610. The van der Waals surface area contributed by atoms with Crippen molar-refractivity contribution in [2.75, 3.05) is 0 Å². The van der Waals surface area contributed by atoms with Gasteiger partial charge >= 0.3 is 5.97 Å². The maximum Gasteiger partial charge on any atom is 0.338 e. The first-order chi connectivity index (χ1) is 19.3. The van der Waals surface area contributed by atoms with E-state index in [-0.39, 0.29) is 41.5 Å². The molecule has 3 N–H and O–H groups in total. The second-order valence-electron chi connectivity index (χ2n) is 10.9. The van der Waals surface area contributed by atoms with E-state index in [4.69, 9.17) is 10.5 Å². The number of hydrogen-bond donors (Lipinski definition) is 2. The SMILES string of the molecule is CC(=O)c1cc(C(=O)NCc2ccc(F)cc2)n2nccc2n1.Cc1c(C(=O)OC(C)(C)C)ccc2c1CC[C@@H]2N. The third kappa shape index (κ3) is 7.01. The number of hydrogen-bond acceptors (Lipinski definition) is 7. The molecule has 1 amide bonds. The van der Waals surface area contributed by atoms with Gasteiger partial charge in [0.25, 0.3) is 5.91 Å². The summed E-state index contributed by atoms with van der Waals surface area (Å²) in [6, 6.07) is 12.8. The molecule has 1 aliphatic rings. The largest absolute Gasteiger partial charge is 0.456 e. The van der Waals surface area contributed by atoms with Crippen LogP contribution in [0.3, 0.4) is 0 Å². The minimum atomic E-state index is -0.459. The summed E-state index contributed by atoms with van der Waals surface area (Å²) in [6.07, 6.45) is 3.43. The van der Waals surface area contributed by atoms with Crippen molar-refractivity contribution < 1.29 is 23.5 Å². The van der Waals surface area contributed by atoms with Crippen molar-refractivity contribution in [2.24, 2.45) is 5.73 Å². The van der Waals surface area contributed by atoms with Crippen LogP contribution in [0.5, 0.6) is 0 Å². The van der Waals surface area contributed by atoms with E-state index in [0.29, 0.717) is 11.2 Å². The van der Waals surface area contributed by atoms with Crippen LogP contribution in [0.15, 0.2) is 54.7 Å². The molecule has 4 aromatic rings. The number of aromatic nitrogens is 3. The number of esters is 1. The summed E-state index contributed by atoms with van der Waals surface area (Å²) in [7, 11) is 0. The summed E-state index contributed by atoms with van der Waals surface area (Å²) in [5, 5.41) is 6.76. The number of fused-ring (bicyclic) bond motifs is 2. The predicted molar refractivity (Wildman–Crippen MR) is 152 cm³/mol. The Labute approximate surface area is 237 Å². The van der Waals surface area contributed by atoms with Gasteiger partial charge in [0.05, 0.1) is 11.8 Å². The Balaban J connectivity index is 0.000000195. The molecule has 2 heterocycles.